The summed E-state index contributed by atoms with van der Waals surface area (Å²) in [6.07, 6.45) is 3.61. The van der Waals surface area contributed by atoms with Crippen LogP contribution in [-0.2, 0) is 0 Å². The third-order valence-electron chi connectivity index (χ3n) is 2.41. The van der Waals surface area contributed by atoms with Gasteiger partial charge in [0.15, 0.2) is 0 Å². The molecule has 0 aliphatic rings. The molecule has 0 amide bonds. The number of hydrogen-bond donors (Lipinski definition) is 0. The van der Waals surface area contributed by atoms with Gasteiger partial charge in [-0.15, -0.1) is 0 Å². The maximum atomic E-state index is 4.09. The van der Waals surface area contributed by atoms with E-state index in [1.807, 2.05) is 32.2 Å². The second kappa shape index (κ2) is 6.64. The van der Waals surface area contributed by atoms with Crippen LogP contribution in [0.25, 0.3) is 5.57 Å². The molecule has 0 aliphatic heterocycles. The van der Waals surface area contributed by atoms with Gasteiger partial charge in [0.05, 0.1) is 0 Å². The predicted molar refractivity (Wildman–Crippen MR) is 74.9 cm³/mol. The van der Waals surface area contributed by atoms with Crippen molar-refractivity contribution in [3.05, 3.63) is 72.1 Å². The van der Waals surface area contributed by atoms with Gasteiger partial charge >= 0.3 is 0 Å². The van der Waals surface area contributed by atoms with Crippen molar-refractivity contribution in [1.82, 2.24) is 4.98 Å². The normalized spacial score (nSPS) is 9.12. The topological polar surface area (TPSA) is 12.9 Å². The molecule has 0 spiro atoms. The summed E-state index contributed by atoms with van der Waals surface area (Å²) in [5.74, 6) is 0. The fourth-order valence-corrected chi connectivity index (χ4v) is 1.46. The van der Waals surface area contributed by atoms with E-state index in [9.17, 15) is 0 Å². The summed E-state index contributed by atoms with van der Waals surface area (Å²) >= 11 is 0. The quantitative estimate of drug-likeness (QED) is 0.734. The SMILES string of the molecule is C=C(c1ccc(C)cc1)c1cccnc1.CC. The van der Waals surface area contributed by atoms with E-state index in [0.717, 1.165) is 16.7 Å². The first-order valence-electron chi connectivity index (χ1n) is 5.94. The minimum absolute atomic E-state index is 1.02. The zero-order chi connectivity index (χ0) is 12.7. The van der Waals surface area contributed by atoms with Crippen LogP contribution in [-0.4, -0.2) is 4.98 Å². The Hall–Kier alpha value is -1.89. The van der Waals surface area contributed by atoms with Crippen LogP contribution >= 0.6 is 0 Å². The molecular weight excluding hydrogens is 206 g/mol. The second-order valence-electron chi connectivity index (χ2n) is 3.59. The van der Waals surface area contributed by atoms with Gasteiger partial charge < -0.3 is 0 Å². The zero-order valence-corrected chi connectivity index (χ0v) is 10.8. The van der Waals surface area contributed by atoms with Gasteiger partial charge in [0.1, 0.15) is 0 Å². The van der Waals surface area contributed by atoms with Crippen LogP contribution in [0.15, 0.2) is 55.4 Å². The zero-order valence-electron chi connectivity index (χ0n) is 10.8. The summed E-state index contributed by atoms with van der Waals surface area (Å²) in [5.41, 5.74) is 4.50. The maximum Gasteiger partial charge on any atom is 0.0346 e. The van der Waals surface area contributed by atoms with Crippen LogP contribution in [0.4, 0.5) is 0 Å². The lowest BCUT2D eigenvalue weighted by molar-refractivity contribution is 1.31. The Morgan fingerprint density at radius 2 is 1.65 bits per heavy atom. The van der Waals surface area contributed by atoms with Gasteiger partial charge in [-0.2, -0.15) is 0 Å². The molecule has 0 saturated carbocycles. The molecule has 0 atom stereocenters. The van der Waals surface area contributed by atoms with Crippen molar-refractivity contribution < 1.29 is 0 Å². The molecule has 88 valence electrons. The smallest absolute Gasteiger partial charge is 0.0346 e. The van der Waals surface area contributed by atoms with Crippen molar-refractivity contribution in [2.24, 2.45) is 0 Å². The Labute approximate surface area is 104 Å². The molecule has 17 heavy (non-hydrogen) atoms. The molecule has 0 aliphatic carbocycles. The van der Waals surface area contributed by atoms with Crippen LogP contribution in [0.1, 0.15) is 30.5 Å². The summed E-state index contributed by atoms with van der Waals surface area (Å²) in [6, 6.07) is 12.3. The Morgan fingerprint density at radius 3 is 2.18 bits per heavy atom. The van der Waals surface area contributed by atoms with Crippen molar-refractivity contribution in [3.63, 3.8) is 0 Å². The maximum absolute atomic E-state index is 4.09. The van der Waals surface area contributed by atoms with Crippen molar-refractivity contribution in [1.29, 1.82) is 0 Å². The van der Waals surface area contributed by atoms with Gasteiger partial charge in [-0.3, -0.25) is 4.98 Å². The Morgan fingerprint density at radius 1 is 1.00 bits per heavy atom. The van der Waals surface area contributed by atoms with Gasteiger partial charge in [-0.25, -0.2) is 0 Å². The van der Waals surface area contributed by atoms with Crippen LogP contribution in [0, 0.1) is 6.92 Å². The molecule has 0 saturated heterocycles. The standard InChI is InChI=1S/C14H13N.C2H6/c1-11-5-7-13(8-6-11)12(2)14-4-3-9-15-10-14;1-2/h3-10H,2H2,1H3;1-2H3. The molecule has 1 heteroatoms. The van der Waals surface area contributed by atoms with E-state index >= 15 is 0 Å². The Balaban J connectivity index is 0.000000686. The van der Waals surface area contributed by atoms with E-state index < -0.39 is 0 Å². The number of rotatable bonds is 2. The molecule has 1 aromatic heterocycles. The van der Waals surface area contributed by atoms with E-state index in [2.05, 4.69) is 42.8 Å². The van der Waals surface area contributed by atoms with Crippen LogP contribution in [0.5, 0.6) is 0 Å². The highest BCUT2D eigenvalue weighted by molar-refractivity contribution is 5.77. The molecular formula is C16H19N. The highest BCUT2D eigenvalue weighted by atomic mass is 14.6. The molecule has 0 fully saturated rings. The molecule has 1 nitrogen and oxygen atoms in total. The Kier molecular flexibility index (Phi) is 5.15. The summed E-state index contributed by atoms with van der Waals surface area (Å²) in [4.78, 5) is 4.09. The van der Waals surface area contributed by atoms with Gasteiger partial charge in [0.2, 0.25) is 0 Å². The molecule has 0 unspecified atom stereocenters. The molecule has 2 aromatic rings. The first-order valence-corrected chi connectivity index (χ1v) is 5.94. The van der Waals surface area contributed by atoms with Crippen molar-refractivity contribution in [3.8, 4) is 0 Å². The van der Waals surface area contributed by atoms with Crippen molar-refractivity contribution >= 4 is 5.57 Å². The summed E-state index contributed by atoms with van der Waals surface area (Å²) in [5, 5.41) is 0. The number of nitrogens with zero attached hydrogens (tertiary/aromatic N) is 1. The molecule has 0 radical (unpaired) electrons. The lowest BCUT2D eigenvalue weighted by Crippen LogP contribution is -1.86. The molecule has 0 bridgehead atoms. The molecule has 0 N–H and O–H groups in total. The van der Waals surface area contributed by atoms with Crippen LogP contribution < -0.4 is 0 Å². The molecule has 2 rings (SSSR count). The van der Waals surface area contributed by atoms with E-state index in [-0.39, 0.29) is 0 Å². The molecule has 1 aromatic carbocycles. The third kappa shape index (κ3) is 3.56. The number of benzene rings is 1. The fraction of sp³-hybridized carbons (Fsp3) is 0.188. The summed E-state index contributed by atoms with van der Waals surface area (Å²) < 4.78 is 0. The van der Waals surface area contributed by atoms with Gasteiger partial charge in [0.25, 0.3) is 0 Å². The minimum Gasteiger partial charge on any atom is -0.264 e. The number of pyridine rings is 1. The lowest BCUT2D eigenvalue weighted by atomic mass is 10.0. The fourth-order valence-electron chi connectivity index (χ4n) is 1.46. The predicted octanol–water partition coefficient (Wildman–Crippen LogP) is 4.48. The third-order valence-corrected chi connectivity index (χ3v) is 2.41. The first kappa shape index (κ1) is 13.2. The highest BCUT2D eigenvalue weighted by Gasteiger charge is 2.00. The first-order chi connectivity index (χ1) is 8.27. The van der Waals surface area contributed by atoms with Crippen molar-refractivity contribution in [2.75, 3.05) is 0 Å². The van der Waals surface area contributed by atoms with E-state index in [0.29, 0.717) is 0 Å². The van der Waals surface area contributed by atoms with Crippen LogP contribution in [0.3, 0.4) is 0 Å². The average molecular weight is 225 g/mol. The summed E-state index contributed by atoms with van der Waals surface area (Å²) in [6.45, 7) is 10.2. The number of aryl methyl sites for hydroxylation is 1. The Bertz CT molecular complexity index is 455. The van der Waals surface area contributed by atoms with Crippen LogP contribution in [0.2, 0.25) is 0 Å². The average Bonchev–Trinajstić information content (AvgIpc) is 2.42. The lowest BCUT2D eigenvalue weighted by Gasteiger charge is -2.05. The largest absolute Gasteiger partial charge is 0.264 e. The number of aromatic nitrogens is 1. The summed E-state index contributed by atoms with van der Waals surface area (Å²) in [7, 11) is 0. The van der Waals surface area contributed by atoms with E-state index in [1.54, 1.807) is 6.20 Å². The minimum atomic E-state index is 1.02. The van der Waals surface area contributed by atoms with Crippen molar-refractivity contribution in [2.45, 2.75) is 20.8 Å². The van der Waals surface area contributed by atoms with Gasteiger partial charge in [-0.05, 0) is 29.7 Å². The molecule has 1 heterocycles. The van der Waals surface area contributed by atoms with Gasteiger partial charge in [0, 0.05) is 12.4 Å². The highest BCUT2D eigenvalue weighted by Crippen LogP contribution is 2.20. The van der Waals surface area contributed by atoms with E-state index in [1.165, 1.54) is 5.56 Å². The van der Waals surface area contributed by atoms with Gasteiger partial charge in [-0.1, -0.05) is 56.3 Å². The van der Waals surface area contributed by atoms with E-state index in [4.69, 9.17) is 0 Å². The number of hydrogen-bond acceptors (Lipinski definition) is 1. The monoisotopic (exact) mass is 225 g/mol. The second-order valence-corrected chi connectivity index (χ2v) is 3.59.